The van der Waals surface area contributed by atoms with Gasteiger partial charge in [-0.15, -0.1) is 0 Å². The van der Waals surface area contributed by atoms with Gasteiger partial charge in [-0.1, -0.05) is 30.3 Å². The first-order valence-corrected chi connectivity index (χ1v) is 8.85. The summed E-state index contributed by atoms with van der Waals surface area (Å²) in [5.74, 6) is -0.451. The lowest BCUT2D eigenvalue weighted by atomic mass is 9.92. The molecule has 0 spiro atoms. The number of hydrogen-bond donors (Lipinski definition) is 3. The summed E-state index contributed by atoms with van der Waals surface area (Å²) in [4.78, 5) is 15.5. The molecule has 0 fully saturated rings. The predicted molar refractivity (Wildman–Crippen MR) is 113 cm³/mol. The zero-order valence-electron chi connectivity index (χ0n) is 15.9. The molecular weight excluding hydrogens is 348 g/mol. The molecule has 3 aromatic rings. The van der Waals surface area contributed by atoms with E-state index in [0.717, 1.165) is 27.8 Å². The molecule has 5 nitrogen and oxygen atoms in total. The Labute approximate surface area is 164 Å². The molecule has 1 aromatic heterocycles. The van der Waals surface area contributed by atoms with Gasteiger partial charge < -0.3 is 11.5 Å². The Morgan fingerprint density at radius 3 is 2.07 bits per heavy atom. The molecule has 0 bridgehead atoms. The van der Waals surface area contributed by atoms with Crippen LogP contribution < -0.4 is 11.5 Å². The van der Waals surface area contributed by atoms with Crippen LogP contribution in [0.4, 0.5) is 0 Å². The summed E-state index contributed by atoms with van der Waals surface area (Å²) in [6.07, 6.45) is 3.32. The zero-order valence-corrected chi connectivity index (χ0v) is 15.9. The van der Waals surface area contributed by atoms with E-state index < -0.39 is 5.91 Å². The van der Waals surface area contributed by atoms with Crippen molar-refractivity contribution in [3.63, 3.8) is 0 Å². The fraction of sp³-hybridized carbons (Fsp3) is 0.0870. The molecule has 5 N–H and O–H groups in total. The van der Waals surface area contributed by atoms with Gasteiger partial charge in [0.25, 0.3) is 0 Å². The average molecular weight is 370 g/mol. The van der Waals surface area contributed by atoms with E-state index in [1.807, 2.05) is 37.3 Å². The van der Waals surface area contributed by atoms with Gasteiger partial charge in [0.1, 0.15) is 0 Å². The highest BCUT2D eigenvalue weighted by Gasteiger charge is 2.14. The van der Waals surface area contributed by atoms with Crippen LogP contribution in [0.1, 0.15) is 34.0 Å². The second kappa shape index (κ2) is 7.88. The third-order valence-corrected chi connectivity index (χ3v) is 4.62. The number of amides is 1. The highest BCUT2D eigenvalue weighted by atomic mass is 16.1. The molecule has 0 saturated heterocycles. The summed E-state index contributed by atoms with van der Waals surface area (Å²) in [5.41, 5.74) is 18.2. The summed E-state index contributed by atoms with van der Waals surface area (Å²) in [6, 6.07) is 16.8. The minimum atomic E-state index is -0.451. The number of aromatic nitrogens is 1. The zero-order chi connectivity index (χ0) is 20.3. The molecule has 0 aliphatic carbocycles. The molecule has 2 aromatic carbocycles. The maximum Gasteiger partial charge on any atom is 0.248 e. The second-order valence-electron chi connectivity index (χ2n) is 6.64. The SMILES string of the molecule is C/C(N)=C(/C(=N)c1ccncc1)c1ccc(-c2cc(C(N)=O)ccc2C)cc1. The summed E-state index contributed by atoms with van der Waals surface area (Å²) < 4.78 is 0. The molecule has 0 radical (unpaired) electrons. The van der Waals surface area contributed by atoms with Crippen molar-refractivity contribution in [3.05, 3.63) is 94.9 Å². The van der Waals surface area contributed by atoms with Gasteiger partial charge in [-0.05, 0) is 60.4 Å². The standard InChI is InChI=1S/C23H22N4O/c1-14-3-4-19(23(26)28)13-20(14)16-5-7-17(8-6-16)21(15(2)24)22(25)18-9-11-27-12-10-18/h3-13,25H,24H2,1-2H3,(H2,26,28)/b21-15-,25-22?. The van der Waals surface area contributed by atoms with Crippen molar-refractivity contribution in [2.24, 2.45) is 11.5 Å². The van der Waals surface area contributed by atoms with Crippen molar-refractivity contribution in [1.82, 2.24) is 4.98 Å². The number of carbonyl (C=O) groups is 1. The number of allylic oxidation sites excluding steroid dienone is 2. The molecule has 1 heterocycles. The Kier molecular flexibility index (Phi) is 5.36. The van der Waals surface area contributed by atoms with Crippen molar-refractivity contribution >= 4 is 17.2 Å². The minimum Gasteiger partial charge on any atom is -0.402 e. The van der Waals surface area contributed by atoms with Gasteiger partial charge >= 0.3 is 0 Å². The molecule has 1 amide bonds. The summed E-state index contributed by atoms with van der Waals surface area (Å²) >= 11 is 0. The van der Waals surface area contributed by atoms with E-state index in [1.165, 1.54) is 0 Å². The third-order valence-electron chi connectivity index (χ3n) is 4.62. The van der Waals surface area contributed by atoms with Crippen molar-refractivity contribution in [2.45, 2.75) is 13.8 Å². The molecule has 0 aliphatic rings. The molecule has 140 valence electrons. The smallest absolute Gasteiger partial charge is 0.248 e. The highest BCUT2D eigenvalue weighted by Crippen LogP contribution is 2.28. The van der Waals surface area contributed by atoms with E-state index in [4.69, 9.17) is 16.9 Å². The molecule has 3 rings (SSSR count). The number of rotatable bonds is 5. The Balaban J connectivity index is 2.00. The van der Waals surface area contributed by atoms with Gasteiger partial charge in [-0.25, -0.2) is 0 Å². The van der Waals surface area contributed by atoms with Gasteiger partial charge in [0.2, 0.25) is 5.91 Å². The Morgan fingerprint density at radius 2 is 1.50 bits per heavy atom. The van der Waals surface area contributed by atoms with Crippen LogP contribution in [0.25, 0.3) is 16.7 Å². The topological polar surface area (TPSA) is 106 Å². The maximum atomic E-state index is 11.5. The Bertz CT molecular complexity index is 1060. The lowest BCUT2D eigenvalue weighted by Crippen LogP contribution is -2.11. The monoisotopic (exact) mass is 370 g/mol. The lowest BCUT2D eigenvalue weighted by Gasteiger charge is -2.14. The van der Waals surface area contributed by atoms with Crippen LogP contribution in [-0.4, -0.2) is 16.6 Å². The number of hydrogen-bond acceptors (Lipinski definition) is 4. The number of nitrogens with one attached hydrogen (secondary N) is 1. The first-order chi connectivity index (χ1) is 13.4. The largest absolute Gasteiger partial charge is 0.402 e. The molecular formula is C23H22N4O. The van der Waals surface area contributed by atoms with Gasteiger partial charge in [0.15, 0.2) is 0 Å². The quantitative estimate of drug-likeness (QED) is 0.593. The molecule has 0 aliphatic heterocycles. The molecule has 0 unspecified atom stereocenters. The molecule has 0 saturated carbocycles. The number of pyridine rings is 1. The van der Waals surface area contributed by atoms with E-state index in [9.17, 15) is 4.79 Å². The van der Waals surface area contributed by atoms with Gasteiger partial charge in [-0.3, -0.25) is 15.2 Å². The lowest BCUT2D eigenvalue weighted by molar-refractivity contribution is 0.100. The van der Waals surface area contributed by atoms with Crippen LogP contribution in [0.5, 0.6) is 0 Å². The summed E-state index contributed by atoms with van der Waals surface area (Å²) in [7, 11) is 0. The van der Waals surface area contributed by atoms with Crippen LogP contribution in [0, 0.1) is 12.3 Å². The number of benzene rings is 2. The number of nitrogens with two attached hydrogens (primary N) is 2. The second-order valence-corrected chi connectivity index (χ2v) is 6.64. The van der Waals surface area contributed by atoms with E-state index in [2.05, 4.69) is 4.98 Å². The number of aryl methyl sites for hydroxylation is 1. The van der Waals surface area contributed by atoms with Crippen LogP contribution >= 0.6 is 0 Å². The number of carbonyl (C=O) groups excluding carboxylic acids is 1. The first kappa shape index (κ1) is 19.0. The first-order valence-electron chi connectivity index (χ1n) is 8.85. The summed E-state index contributed by atoms with van der Waals surface area (Å²) in [5, 5.41) is 8.56. The van der Waals surface area contributed by atoms with Crippen molar-refractivity contribution in [2.75, 3.05) is 0 Å². The minimum absolute atomic E-state index is 0.349. The average Bonchev–Trinajstić information content (AvgIpc) is 2.69. The van der Waals surface area contributed by atoms with Crippen molar-refractivity contribution in [3.8, 4) is 11.1 Å². The van der Waals surface area contributed by atoms with Crippen LogP contribution in [-0.2, 0) is 0 Å². The van der Waals surface area contributed by atoms with E-state index >= 15 is 0 Å². The van der Waals surface area contributed by atoms with Gasteiger partial charge in [-0.2, -0.15) is 0 Å². The Morgan fingerprint density at radius 1 is 0.893 bits per heavy atom. The molecule has 5 heteroatoms. The van der Waals surface area contributed by atoms with Crippen molar-refractivity contribution < 1.29 is 4.79 Å². The third kappa shape index (κ3) is 3.83. The van der Waals surface area contributed by atoms with Crippen molar-refractivity contribution in [1.29, 1.82) is 5.41 Å². The van der Waals surface area contributed by atoms with Crippen LogP contribution in [0.15, 0.2) is 72.7 Å². The summed E-state index contributed by atoms with van der Waals surface area (Å²) in [6.45, 7) is 3.78. The van der Waals surface area contributed by atoms with Crippen LogP contribution in [0.2, 0.25) is 0 Å². The molecule has 0 atom stereocenters. The van der Waals surface area contributed by atoms with E-state index in [0.29, 0.717) is 22.5 Å². The van der Waals surface area contributed by atoms with E-state index in [1.54, 1.807) is 43.6 Å². The Hall–Kier alpha value is -3.73. The van der Waals surface area contributed by atoms with Crippen LogP contribution in [0.3, 0.4) is 0 Å². The normalized spacial score (nSPS) is 11.6. The molecule has 28 heavy (non-hydrogen) atoms. The predicted octanol–water partition coefficient (Wildman–Crippen LogP) is 3.91. The van der Waals surface area contributed by atoms with Gasteiger partial charge in [0, 0.05) is 34.8 Å². The fourth-order valence-corrected chi connectivity index (χ4v) is 3.13. The van der Waals surface area contributed by atoms with Gasteiger partial charge in [0.05, 0.1) is 5.71 Å². The van der Waals surface area contributed by atoms with E-state index in [-0.39, 0.29) is 0 Å². The number of primary amides is 1. The fourth-order valence-electron chi connectivity index (χ4n) is 3.13. The highest BCUT2D eigenvalue weighted by molar-refractivity contribution is 6.30. The maximum absolute atomic E-state index is 11.5. The number of nitrogens with zero attached hydrogens (tertiary/aromatic N) is 1.